The molecule has 2 rings (SSSR count). The maximum absolute atomic E-state index is 5.71. The van der Waals surface area contributed by atoms with Crippen LogP contribution in [0.3, 0.4) is 0 Å². The molecule has 0 atom stereocenters. The predicted octanol–water partition coefficient (Wildman–Crippen LogP) is 5.01. The maximum atomic E-state index is 5.71. The number of rotatable bonds is 8. The fraction of sp³-hybridized carbons (Fsp3) is 0.333. The number of hydrogen-bond acceptors (Lipinski definition) is 3. The summed E-state index contributed by atoms with van der Waals surface area (Å²) in [6, 6.07) is 15.9. The Bertz CT molecular complexity index is 638. The Morgan fingerprint density at radius 2 is 1.50 bits per heavy atom. The Hall–Kier alpha value is -2.42. The van der Waals surface area contributed by atoms with E-state index in [4.69, 9.17) is 14.2 Å². The van der Waals surface area contributed by atoms with E-state index in [9.17, 15) is 0 Å². The first kappa shape index (κ1) is 17.9. The summed E-state index contributed by atoms with van der Waals surface area (Å²) in [6.45, 7) is 5.02. The van der Waals surface area contributed by atoms with E-state index in [1.165, 1.54) is 0 Å². The van der Waals surface area contributed by atoms with E-state index in [0.717, 1.165) is 29.2 Å². The lowest BCUT2D eigenvalue weighted by molar-refractivity contribution is 0.324. The zero-order chi connectivity index (χ0) is 17.4. The van der Waals surface area contributed by atoms with E-state index in [1.54, 1.807) is 14.2 Å². The maximum Gasteiger partial charge on any atom is 0.122 e. The molecule has 24 heavy (non-hydrogen) atoms. The molecule has 0 aromatic heterocycles. The number of methoxy groups -OCH3 is 2. The molecule has 0 aliphatic heterocycles. The van der Waals surface area contributed by atoms with Crippen LogP contribution in [0.4, 0.5) is 0 Å². The number of para-hydroxylation sites is 1. The van der Waals surface area contributed by atoms with Gasteiger partial charge in [-0.3, -0.25) is 0 Å². The van der Waals surface area contributed by atoms with E-state index in [1.807, 2.05) is 48.5 Å². The minimum absolute atomic E-state index is 0.117. The molecule has 2 aromatic carbocycles. The van der Waals surface area contributed by atoms with Crippen molar-refractivity contribution >= 4 is 0 Å². The van der Waals surface area contributed by atoms with Crippen molar-refractivity contribution < 1.29 is 14.2 Å². The molecule has 3 nitrogen and oxygen atoms in total. The van der Waals surface area contributed by atoms with Gasteiger partial charge in [0.15, 0.2) is 0 Å². The third kappa shape index (κ3) is 5.05. The minimum Gasteiger partial charge on any atom is -0.497 e. The van der Waals surface area contributed by atoms with Gasteiger partial charge in [-0.25, -0.2) is 0 Å². The molecular formula is C21H26O3. The van der Waals surface area contributed by atoms with Crippen LogP contribution in [0.5, 0.6) is 17.2 Å². The molecule has 0 spiro atoms. The SMILES string of the molecule is COc1cc(OC)cc(C(C)(C)/C=C\CCOc2ccccc2)c1. The van der Waals surface area contributed by atoms with Crippen molar-refractivity contribution in [1.29, 1.82) is 0 Å². The van der Waals surface area contributed by atoms with Crippen molar-refractivity contribution in [1.82, 2.24) is 0 Å². The lowest BCUT2D eigenvalue weighted by Gasteiger charge is -2.22. The molecule has 0 unspecified atom stereocenters. The van der Waals surface area contributed by atoms with Gasteiger partial charge in [-0.15, -0.1) is 0 Å². The average Bonchev–Trinajstić information content (AvgIpc) is 2.61. The van der Waals surface area contributed by atoms with Gasteiger partial charge in [-0.1, -0.05) is 44.2 Å². The van der Waals surface area contributed by atoms with Crippen LogP contribution in [-0.2, 0) is 5.41 Å². The zero-order valence-electron chi connectivity index (χ0n) is 14.9. The van der Waals surface area contributed by atoms with Gasteiger partial charge in [0, 0.05) is 11.5 Å². The summed E-state index contributed by atoms with van der Waals surface area (Å²) in [5.74, 6) is 2.51. The van der Waals surface area contributed by atoms with Gasteiger partial charge >= 0.3 is 0 Å². The van der Waals surface area contributed by atoms with Crippen LogP contribution in [0.1, 0.15) is 25.8 Å². The van der Waals surface area contributed by atoms with Gasteiger partial charge in [-0.2, -0.15) is 0 Å². The van der Waals surface area contributed by atoms with Crippen molar-refractivity contribution in [2.45, 2.75) is 25.7 Å². The monoisotopic (exact) mass is 326 g/mol. The van der Waals surface area contributed by atoms with Crippen LogP contribution >= 0.6 is 0 Å². The summed E-state index contributed by atoms with van der Waals surface area (Å²) >= 11 is 0. The molecular weight excluding hydrogens is 300 g/mol. The summed E-state index contributed by atoms with van der Waals surface area (Å²) < 4.78 is 16.4. The highest BCUT2D eigenvalue weighted by Gasteiger charge is 2.18. The van der Waals surface area contributed by atoms with E-state index in [0.29, 0.717) is 6.61 Å². The van der Waals surface area contributed by atoms with Crippen LogP contribution in [0, 0.1) is 0 Å². The molecule has 0 amide bonds. The highest BCUT2D eigenvalue weighted by atomic mass is 16.5. The topological polar surface area (TPSA) is 27.7 Å². The third-order valence-corrected chi connectivity index (χ3v) is 3.93. The van der Waals surface area contributed by atoms with Gasteiger partial charge < -0.3 is 14.2 Å². The molecule has 3 heteroatoms. The molecule has 0 aliphatic rings. The van der Waals surface area contributed by atoms with Gasteiger partial charge in [-0.05, 0) is 36.2 Å². The molecule has 0 bridgehead atoms. The second-order valence-electron chi connectivity index (χ2n) is 6.18. The highest BCUT2D eigenvalue weighted by Crippen LogP contribution is 2.32. The number of allylic oxidation sites excluding steroid dienone is 1. The molecule has 0 aliphatic carbocycles. The largest absolute Gasteiger partial charge is 0.497 e. The molecule has 0 saturated heterocycles. The smallest absolute Gasteiger partial charge is 0.122 e. The average molecular weight is 326 g/mol. The van der Waals surface area contributed by atoms with E-state index in [2.05, 4.69) is 26.0 Å². The molecule has 0 heterocycles. The van der Waals surface area contributed by atoms with Crippen LogP contribution in [0.25, 0.3) is 0 Å². The molecule has 0 N–H and O–H groups in total. The Balaban J connectivity index is 1.97. The second-order valence-corrected chi connectivity index (χ2v) is 6.18. The van der Waals surface area contributed by atoms with Crippen molar-refractivity contribution in [3.05, 3.63) is 66.2 Å². The van der Waals surface area contributed by atoms with Crippen LogP contribution in [-0.4, -0.2) is 20.8 Å². The Morgan fingerprint density at radius 3 is 2.08 bits per heavy atom. The zero-order valence-corrected chi connectivity index (χ0v) is 14.9. The number of hydrogen-bond donors (Lipinski definition) is 0. The van der Waals surface area contributed by atoms with E-state index >= 15 is 0 Å². The Morgan fingerprint density at radius 1 is 0.875 bits per heavy atom. The lowest BCUT2D eigenvalue weighted by Crippen LogP contribution is -2.14. The normalized spacial score (nSPS) is 11.5. The van der Waals surface area contributed by atoms with Gasteiger partial charge in [0.1, 0.15) is 17.2 Å². The van der Waals surface area contributed by atoms with Crippen molar-refractivity contribution in [3.63, 3.8) is 0 Å². The fourth-order valence-corrected chi connectivity index (χ4v) is 2.42. The molecule has 2 aromatic rings. The molecule has 0 radical (unpaired) electrons. The minimum atomic E-state index is -0.117. The summed E-state index contributed by atoms with van der Waals surface area (Å²) in [5, 5.41) is 0. The number of benzene rings is 2. The van der Waals surface area contributed by atoms with E-state index in [-0.39, 0.29) is 5.41 Å². The van der Waals surface area contributed by atoms with Gasteiger partial charge in [0.05, 0.1) is 20.8 Å². The first-order chi connectivity index (χ1) is 11.5. The van der Waals surface area contributed by atoms with Crippen LogP contribution < -0.4 is 14.2 Å². The van der Waals surface area contributed by atoms with Gasteiger partial charge in [0.25, 0.3) is 0 Å². The van der Waals surface area contributed by atoms with E-state index < -0.39 is 0 Å². The summed E-state index contributed by atoms with van der Waals surface area (Å²) in [4.78, 5) is 0. The van der Waals surface area contributed by atoms with Crippen molar-refractivity contribution in [2.24, 2.45) is 0 Å². The summed E-state index contributed by atoms with van der Waals surface area (Å²) in [7, 11) is 3.34. The lowest BCUT2D eigenvalue weighted by atomic mass is 9.84. The number of ether oxygens (including phenoxy) is 3. The summed E-state index contributed by atoms with van der Waals surface area (Å²) in [5.41, 5.74) is 1.04. The summed E-state index contributed by atoms with van der Waals surface area (Å²) in [6.07, 6.45) is 5.23. The predicted molar refractivity (Wildman–Crippen MR) is 98.3 cm³/mol. The molecule has 0 fully saturated rings. The first-order valence-corrected chi connectivity index (χ1v) is 8.14. The molecule has 128 valence electrons. The van der Waals surface area contributed by atoms with Crippen LogP contribution in [0.15, 0.2) is 60.7 Å². The van der Waals surface area contributed by atoms with Crippen molar-refractivity contribution in [2.75, 3.05) is 20.8 Å². The fourth-order valence-electron chi connectivity index (χ4n) is 2.42. The van der Waals surface area contributed by atoms with Crippen molar-refractivity contribution in [3.8, 4) is 17.2 Å². The highest BCUT2D eigenvalue weighted by molar-refractivity contribution is 5.43. The Labute approximate surface area is 144 Å². The third-order valence-electron chi connectivity index (χ3n) is 3.93. The first-order valence-electron chi connectivity index (χ1n) is 8.14. The van der Waals surface area contributed by atoms with Gasteiger partial charge in [0.2, 0.25) is 0 Å². The quantitative estimate of drug-likeness (QED) is 0.504. The second kappa shape index (κ2) is 8.44. The molecule has 0 saturated carbocycles. The van der Waals surface area contributed by atoms with Crippen LogP contribution in [0.2, 0.25) is 0 Å². The standard InChI is InChI=1S/C21H26O3/c1-21(2,17-14-19(22-3)16-20(15-17)23-4)12-8-9-13-24-18-10-6-5-7-11-18/h5-8,10-12,14-16H,9,13H2,1-4H3/b12-8-. The Kier molecular flexibility index (Phi) is 6.30.